The van der Waals surface area contributed by atoms with Gasteiger partial charge >= 0.3 is 0 Å². The number of hydrogen-bond donors (Lipinski definition) is 5. The van der Waals surface area contributed by atoms with E-state index in [0.717, 1.165) is 56.0 Å². The molecule has 2 aromatic carbocycles. The molecule has 6 N–H and O–H groups in total. The van der Waals surface area contributed by atoms with E-state index >= 15 is 0 Å². The number of nitrogens with two attached hydrogens (primary N) is 1. The van der Waals surface area contributed by atoms with Crippen LogP contribution in [0.15, 0.2) is 109 Å². The van der Waals surface area contributed by atoms with Gasteiger partial charge in [-0.25, -0.2) is 9.37 Å². The van der Waals surface area contributed by atoms with E-state index in [-0.39, 0.29) is 18.1 Å². The average molecular weight is 613 g/mol. The Balaban J connectivity index is 1.38. The minimum Gasteiger partial charge on any atom is -0.508 e. The van der Waals surface area contributed by atoms with Crippen molar-refractivity contribution in [1.82, 2.24) is 25.3 Å². The number of phenolic OH excluding ortho intramolecular Hbond substituents is 1. The zero-order valence-electron chi connectivity index (χ0n) is 25.6. The van der Waals surface area contributed by atoms with Crippen molar-refractivity contribution in [2.24, 2.45) is 5.73 Å². The number of phenols is 1. The number of aromatic amines is 2. The van der Waals surface area contributed by atoms with Gasteiger partial charge < -0.3 is 26.1 Å². The van der Waals surface area contributed by atoms with E-state index in [0.29, 0.717) is 28.0 Å². The molecule has 0 unspecified atom stereocenters. The molecule has 0 saturated heterocycles. The lowest BCUT2D eigenvalue weighted by Crippen LogP contribution is -2.24. The zero-order chi connectivity index (χ0) is 32.4. The van der Waals surface area contributed by atoms with Crippen molar-refractivity contribution < 1.29 is 14.3 Å². The molecule has 0 aliphatic heterocycles. The van der Waals surface area contributed by atoms with Crippen LogP contribution in [0.2, 0.25) is 0 Å². The Morgan fingerprint density at radius 2 is 1.80 bits per heavy atom. The summed E-state index contributed by atoms with van der Waals surface area (Å²) in [6, 6.07) is 17.5. The van der Waals surface area contributed by atoms with Gasteiger partial charge in [-0.2, -0.15) is 0 Å². The van der Waals surface area contributed by atoms with Gasteiger partial charge in [0.25, 0.3) is 0 Å². The Bertz CT molecular complexity index is 2170. The third-order valence-corrected chi connectivity index (χ3v) is 7.61. The van der Waals surface area contributed by atoms with E-state index in [1.165, 1.54) is 18.3 Å². The highest BCUT2D eigenvalue weighted by Crippen LogP contribution is 2.37. The molecule has 0 saturated carbocycles. The Morgan fingerprint density at radius 3 is 2.54 bits per heavy atom. The Kier molecular flexibility index (Phi) is 8.22. The number of hydrogen-bond acceptors (Lipinski definition) is 5. The molecule has 0 bridgehead atoms. The van der Waals surface area contributed by atoms with Gasteiger partial charge in [-0.05, 0) is 68.3 Å². The number of allylic oxidation sites excluding steroid dienone is 4. The van der Waals surface area contributed by atoms with Crippen LogP contribution in [0.1, 0.15) is 30.7 Å². The summed E-state index contributed by atoms with van der Waals surface area (Å²) >= 11 is 0. The van der Waals surface area contributed by atoms with Crippen LogP contribution in [0.25, 0.3) is 49.9 Å². The lowest BCUT2D eigenvalue weighted by atomic mass is 10.0. The molecule has 9 heteroatoms. The van der Waals surface area contributed by atoms with Crippen LogP contribution < -0.4 is 11.1 Å². The number of rotatable bonds is 8. The Labute approximate surface area is 265 Å². The first-order chi connectivity index (χ1) is 22.2. The number of nitrogens with one attached hydrogen (secondary N) is 3. The predicted octanol–water partition coefficient (Wildman–Crippen LogP) is 7.43. The third kappa shape index (κ3) is 6.30. The average Bonchev–Trinajstić information content (AvgIpc) is 3.58. The number of carbonyl (C=O) groups is 1. The fraction of sp³-hybridized carbons (Fsp3) is 0.108. The van der Waals surface area contributed by atoms with Gasteiger partial charge in [-0.15, -0.1) is 0 Å². The largest absolute Gasteiger partial charge is 0.508 e. The van der Waals surface area contributed by atoms with Gasteiger partial charge in [0.1, 0.15) is 17.2 Å². The maximum absolute atomic E-state index is 14.2. The summed E-state index contributed by atoms with van der Waals surface area (Å²) in [6.07, 6.45) is 10.6. The topological polar surface area (TPSA) is 133 Å². The second-order valence-corrected chi connectivity index (χ2v) is 11.4. The van der Waals surface area contributed by atoms with Crippen molar-refractivity contribution in [1.29, 1.82) is 0 Å². The van der Waals surface area contributed by atoms with Crippen molar-refractivity contribution in [2.45, 2.75) is 27.2 Å². The van der Waals surface area contributed by atoms with Crippen molar-refractivity contribution in [2.75, 3.05) is 0 Å². The maximum Gasteiger partial charge on any atom is 0.228 e. The van der Waals surface area contributed by atoms with Crippen LogP contribution in [-0.4, -0.2) is 30.9 Å². The van der Waals surface area contributed by atoms with Gasteiger partial charge in [0, 0.05) is 74.8 Å². The van der Waals surface area contributed by atoms with Crippen LogP contribution in [0, 0.1) is 12.7 Å². The number of benzene rings is 2. The van der Waals surface area contributed by atoms with Crippen LogP contribution in [-0.2, 0) is 11.2 Å². The second-order valence-electron chi connectivity index (χ2n) is 11.4. The standard InChI is InChI=1S/C37H33FN6O2/c1-21(2)9-28(43-35(46)10-23-7-5-4-6-8-23)12-25(17-39)26-14-31-36(22(3)42-37(31)41-18-26)33-16-30-32(19-40-20-34(30)44-33)24-11-27(38)15-29(45)13-24/h4-9,11-20,44-45H,10,39H2,1-3H3,(H,41,42)(H,43,46)/b25-17+,28-12+. The highest BCUT2D eigenvalue weighted by atomic mass is 19.1. The zero-order valence-corrected chi connectivity index (χ0v) is 25.6. The number of aryl methyl sites for hydroxylation is 1. The third-order valence-electron chi connectivity index (χ3n) is 7.61. The molecule has 0 atom stereocenters. The minimum atomic E-state index is -0.532. The number of nitrogens with zero attached hydrogens (tertiary/aromatic N) is 2. The van der Waals surface area contributed by atoms with Gasteiger partial charge in [0.05, 0.1) is 18.1 Å². The van der Waals surface area contributed by atoms with E-state index in [2.05, 4.69) is 20.3 Å². The molecule has 4 heterocycles. The lowest BCUT2D eigenvalue weighted by Gasteiger charge is -2.10. The molecular formula is C37H33FN6O2. The lowest BCUT2D eigenvalue weighted by molar-refractivity contribution is -0.119. The van der Waals surface area contributed by atoms with Crippen molar-refractivity contribution in [3.05, 3.63) is 132 Å². The first-order valence-electron chi connectivity index (χ1n) is 14.8. The molecule has 6 rings (SSSR count). The van der Waals surface area contributed by atoms with Crippen LogP contribution in [0.4, 0.5) is 4.39 Å². The number of H-pyrrole nitrogens is 2. The number of fused-ring (bicyclic) bond motifs is 2. The molecule has 46 heavy (non-hydrogen) atoms. The highest BCUT2D eigenvalue weighted by molar-refractivity contribution is 6.02. The van der Waals surface area contributed by atoms with E-state index in [1.807, 2.05) is 75.4 Å². The van der Waals surface area contributed by atoms with E-state index < -0.39 is 5.82 Å². The molecule has 6 aromatic rings. The molecule has 0 aliphatic carbocycles. The van der Waals surface area contributed by atoms with Crippen molar-refractivity contribution in [3.63, 3.8) is 0 Å². The number of aromatic nitrogens is 4. The fourth-order valence-corrected chi connectivity index (χ4v) is 5.65. The second kappa shape index (κ2) is 12.6. The normalized spacial score (nSPS) is 12.1. The summed E-state index contributed by atoms with van der Waals surface area (Å²) in [4.78, 5) is 28.8. The monoisotopic (exact) mass is 612 g/mol. The molecule has 1 amide bonds. The molecule has 0 aliphatic rings. The van der Waals surface area contributed by atoms with E-state index in [9.17, 15) is 14.3 Å². The van der Waals surface area contributed by atoms with Crippen LogP contribution >= 0.6 is 0 Å². The molecule has 0 spiro atoms. The summed E-state index contributed by atoms with van der Waals surface area (Å²) in [7, 11) is 0. The van der Waals surface area contributed by atoms with E-state index in [4.69, 9.17) is 10.7 Å². The molecule has 230 valence electrons. The van der Waals surface area contributed by atoms with Gasteiger partial charge in [-0.1, -0.05) is 35.9 Å². The van der Waals surface area contributed by atoms with Crippen LogP contribution in [0.3, 0.4) is 0 Å². The summed E-state index contributed by atoms with van der Waals surface area (Å²) in [5.74, 6) is -0.824. The molecule has 0 radical (unpaired) electrons. The SMILES string of the molecule is CC(C)=C/C(=C\C(=C/N)c1cnc2[nH]c(C)c(-c3cc4c(-c5cc(O)cc(F)c5)cncc4[nH]3)c2c1)NC(=O)Cc1ccccc1. The van der Waals surface area contributed by atoms with E-state index in [1.54, 1.807) is 18.6 Å². The van der Waals surface area contributed by atoms with Gasteiger partial charge in [-0.3, -0.25) is 9.78 Å². The molecular weight excluding hydrogens is 579 g/mol. The predicted molar refractivity (Wildman–Crippen MR) is 181 cm³/mol. The molecule has 4 aromatic heterocycles. The highest BCUT2D eigenvalue weighted by Gasteiger charge is 2.18. The number of amides is 1. The first-order valence-corrected chi connectivity index (χ1v) is 14.8. The summed E-state index contributed by atoms with van der Waals surface area (Å²) in [5.41, 5.74) is 15.4. The molecule has 8 nitrogen and oxygen atoms in total. The minimum absolute atomic E-state index is 0.135. The number of carbonyl (C=O) groups excluding carboxylic acids is 1. The quantitative estimate of drug-likeness (QED) is 0.114. The fourth-order valence-electron chi connectivity index (χ4n) is 5.65. The molecule has 0 fully saturated rings. The smallest absolute Gasteiger partial charge is 0.228 e. The van der Waals surface area contributed by atoms with Gasteiger partial charge in [0.2, 0.25) is 5.91 Å². The van der Waals surface area contributed by atoms with Gasteiger partial charge in [0.15, 0.2) is 0 Å². The first kappa shape index (κ1) is 30.1. The van der Waals surface area contributed by atoms with Crippen molar-refractivity contribution in [3.8, 4) is 28.1 Å². The number of pyridine rings is 2. The summed E-state index contributed by atoms with van der Waals surface area (Å²) in [6.45, 7) is 5.90. The Hall–Kier alpha value is -5.96. The maximum atomic E-state index is 14.2. The summed E-state index contributed by atoms with van der Waals surface area (Å²) in [5, 5.41) is 14.7. The van der Waals surface area contributed by atoms with Crippen molar-refractivity contribution >= 4 is 33.4 Å². The number of aromatic hydroxyl groups is 1. The number of halogens is 1. The van der Waals surface area contributed by atoms with Crippen LogP contribution in [0.5, 0.6) is 5.75 Å². The summed E-state index contributed by atoms with van der Waals surface area (Å²) < 4.78 is 14.2. The Morgan fingerprint density at radius 1 is 1.00 bits per heavy atom.